The van der Waals surface area contributed by atoms with E-state index in [4.69, 9.17) is 4.74 Å². The van der Waals surface area contributed by atoms with Gasteiger partial charge in [0.1, 0.15) is 5.75 Å². The first kappa shape index (κ1) is 20.6. The Morgan fingerprint density at radius 3 is 2.61 bits per heavy atom. The van der Waals surface area contributed by atoms with Crippen LogP contribution in [0.5, 0.6) is 5.75 Å². The first-order chi connectivity index (χ1) is 13.6. The molecular formula is C19H18BrN3O3S2. The van der Waals surface area contributed by atoms with Gasteiger partial charge in [-0.3, -0.25) is 20.4 Å². The second kappa shape index (κ2) is 10.4. The summed E-state index contributed by atoms with van der Waals surface area (Å²) in [4.78, 5) is 28.1. The molecule has 0 saturated carbocycles. The molecule has 2 aromatic carbocycles. The van der Waals surface area contributed by atoms with Crippen LogP contribution in [0.2, 0.25) is 0 Å². The molecule has 9 heteroatoms. The number of fused-ring (bicyclic) bond motifs is 1. The fraction of sp³-hybridized carbons (Fsp3) is 0.211. The standard InChI is InChI=1S/C19H18BrN3O3S2/c20-13-7-9-14(10-8-13)26-12-18(25)23-22-17(24)6-3-11-27-19-21-15-4-1-2-5-16(15)28-19/h1-2,4-5,7-10H,3,6,11-12H2,(H,22,24)(H,23,25). The molecule has 146 valence electrons. The van der Waals surface area contributed by atoms with Crippen LogP contribution in [-0.2, 0) is 9.59 Å². The van der Waals surface area contributed by atoms with Gasteiger partial charge >= 0.3 is 0 Å². The van der Waals surface area contributed by atoms with Gasteiger partial charge in [-0.2, -0.15) is 0 Å². The summed E-state index contributed by atoms with van der Waals surface area (Å²) in [6, 6.07) is 15.2. The third-order valence-corrected chi connectivity index (χ3v) is 6.37. The summed E-state index contributed by atoms with van der Waals surface area (Å²) in [6.45, 7) is -0.171. The number of hydrazine groups is 1. The molecule has 0 aliphatic heterocycles. The van der Waals surface area contributed by atoms with E-state index in [0.29, 0.717) is 18.6 Å². The monoisotopic (exact) mass is 479 g/mol. The van der Waals surface area contributed by atoms with Crippen LogP contribution in [0.4, 0.5) is 0 Å². The van der Waals surface area contributed by atoms with Crippen molar-refractivity contribution in [2.75, 3.05) is 12.4 Å². The van der Waals surface area contributed by atoms with Gasteiger partial charge in [0.2, 0.25) is 5.91 Å². The first-order valence-corrected chi connectivity index (χ1v) is 11.1. The molecule has 0 aliphatic carbocycles. The summed E-state index contributed by atoms with van der Waals surface area (Å²) in [5.74, 6) is 0.715. The molecule has 2 amide bonds. The summed E-state index contributed by atoms with van der Waals surface area (Å²) in [5, 5.41) is 0. The van der Waals surface area contributed by atoms with Crippen molar-refractivity contribution in [3.63, 3.8) is 0 Å². The van der Waals surface area contributed by atoms with Gasteiger partial charge in [0.15, 0.2) is 10.9 Å². The number of ether oxygens (including phenoxy) is 1. The van der Waals surface area contributed by atoms with Crippen LogP contribution < -0.4 is 15.6 Å². The third kappa shape index (κ3) is 6.50. The van der Waals surface area contributed by atoms with Crippen molar-refractivity contribution in [3.05, 3.63) is 53.0 Å². The highest BCUT2D eigenvalue weighted by molar-refractivity contribution is 9.10. The van der Waals surface area contributed by atoms with Gasteiger partial charge in [-0.1, -0.05) is 39.8 Å². The second-order valence-electron chi connectivity index (χ2n) is 5.74. The van der Waals surface area contributed by atoms with Crippen molar-refractivity contribution in [3.8, 4) is 5.75 Å². The van der Waals surface area contributed by atoms with Crippen molar-refractivity contribution in [1.29, 1.82) is 0 Å². The van der Waals surface area contributed by atoms with Crippen molar-refractivity contribution >= 4 is 61.1 Å². The number of hydrogen-bond acceptors (Lipinski definition) is 6. The fourth-order valence-electron chi connectivity index (χ4n) is 2.22. The Morgan fingerprint density at radius 2 is 1.82 bits per heavy atom. The number of thioether (sulfide) groups is 1. The fourth-order valence-corrected chi connectivity index (χ4v) is 4.57. The number of nitrogens with zero attached hydrogens (tertiary/aromatic N) is 1. The Hall–Kier alpha value is -2.10. The molecule has 0 unspecified atom stereocenters. The quantitative estimate of drug-likeness (QED) is 0.288. The number of para-hydroxylation sites is 1. The van der Waals surface area contributed by atoms with Gasteiger partial charge in [0, 0.05) is 16.6 Å². The summed E-state index contributed by atoms with van der Waals surface area (Å²) < 4.78 is 8.43. The number of nitrogens with one attached hydrogen (secondary N) is 2. The van der Waals surface area contributed by atoms with E-state index in [9.17, 15) is 9.59 Å². The van der Waals surface area contributed by atoms with Crippen molar-refractivity contribution in [2.24, 2.45) is 0 Å². The molecule has 3 rings (SSSR count). The Labute approximate surface area is 179 Å². The minimum absolute atomic E-state index is 0.171. The van der Waals surface area contributed by atoms with Crippen molar-refractivity contribution < 1.29 is 14.3 Å². The van der Waals surface area contributed by atoms with Crippen LogP contribution in [0.3, 0.4) is 0 Å². The number of hydrogen-bond donors (Lipinski definition) is 2. The normalized spacial score (nSPS) is 10.6. The van der Waals surface area contributed by atoms with E-state index < -0.39 is 5.91 Å². The van der Waals surface area contributed by atoms with E-state index in [2.05, 4.69) is 31.8 Å². The van der Waals surface area contributed by atoms with E-state index in [1.165, 1.54) is 0 Å². The highest BCUT2D eigenvalue weighted by Gasteiger charge is 2.07. The number of amides is 2. The molecule has 0 aliphatic rings. The molecule has 3 aromatic rings. The van der Waals surface area contributed by atoms with E-state index >= 15 is 0 Å². The molecule has 0 atom stereocenters. The van der Waals surface area contributed by atoms with Crippen LogP contribution in [0.1, 0.15) is 12.8 Å². The number of aromatic nitrogens is 1. The number of halogens is 1. The van der Waals surface area contributed by atoms with Crippen molar-refractivity contribution in [2.45, 2.75) is 17.2 Å². The van der Waals surface area contributed by atoms with E-state index in [-0.39, 0.29) is 12.5 Å². The molecule has 0 bridgehead atoms. The number of carbonyl (C=O) groups excluding carboxylic acids is 2. The lowest BCUT2D eigenvalue weighted by molar-refractivity contribution is -0.130. The average molecular weight is 480 g/mol. The van der Waals surface area contributed by atoms with Gasteiger partial charge in [0.25, 0.3) is 5.91 Å². The number of carbonyl (C=O) groups is 2. The predicted molar refractivity (Wildman–Crippen MR) is 116 cm³/mol. The SMILES string of the molecule is O=C(CCCSc1nc2ccccc2s1)NNC(=O)COc1ccc(Br)cc1. The number of thiazole rings is 1. The van der Waals surface area contributed by atoms with Gasteiger partial charge in [-0.05, 0) is 42.8 Å². The summed E-state index contributed by atoms with van der Waals surface area (Å²) in [6.07, 6.45) is 1.02. The summed E-state index contributed by atoms with van der Waals surface area (Å²) in [7, 11) is 0. The largest absolute Gasteiger partial charge is 0.484 e. The van der Waals surface area contributed by atoms with Crippen LogP contribution in [-0.4, -0.2) is 29.2 Å². The lowest BCUT2D eigenvalue weighted by atomic mass is 10.3. The van der Waals surface area contributed by atoms with Crippen LogP contribution in [0, 0.1) is 0 Å². The Balaban J connectivity index is 1.28. The first-order valence-electron chi connectivity index (χ1n) is 8.54. The van der Waals surface area contributed by atoms with Crippen LogP contribution in [0.25, 0.3) is 10.2 Å². The molecule has 0 spiro atoms. The summed E-state index contributed by atoms with van der Waals surface area (Å²) >= 11 is 6.61. The maximum atomic E-state index is 11.8. The van der Waals surface area contributed by atoms with Crippen LogP contribution >= 0.6 is 39.0 Å². The van der Waals surface area contributed by atoms with Crippen LogP contribution in [0.15, 0.2) is 57.3 Å². The minimum Gasteiger partial charge on any atom is -0.484 e. The van der Waals surface area contributed by atoms with Gasteiger partial charge in [-0.15, -0.1) is 11.3 Å². The zero-order chi connectivity index (χ0) is 19.8. The minimum atomic E-state index is -0.417. The van der Waals surface area contributed by atoms with E-state index in [1.807, 2.05) is 36.4 Å². The maximum Gasteiger partial charge on any atom is 0.276 e. The molecule has 28 heavy (non-hydrogen) atoms. The molecular weight excluding hydrogens is 462 g/mol. The molecule has 1 heterocycles. The second-order valence-corrected chi connectivity index (χ2v) is 9.03. The number of benzene rings is 2. The topological polar surface area (TPSA) is 80.3 Å². The van der Waals surface area contributed by atoms with Gasteiger partial charge in [-0.25, -0.2) is 4.98 Å². The maximum absolute atomic E-state index is 11.8. The smallest absolute Gasteiger partial charge is 0.276 e. The molecule has 1 aromatic heterocycles. The molecule has 0 radical (unpaired) electrons. The highest BCUT2D eigenvalue weighted by atomic mass is 79.9. The lowest BCUT2D eigenvalue weighted by Crippen LogP contribution is -2.43. The van der Waals surface area contributed by atoms with Crippen molar-refractivity contribution in [1.82, 2.24) is 15.8 Å². The van der Waals surface area contributed by atoms with E-state index in [1.54, 1.807) is 35.2 Å². The van der Waals surface area contributed by atoms with Gasteiger partial charge < -0.3 is 4.74 Å². The Morgan fingerprint density at radius 1 is 1.07 bits per heavy atom. The molecule has 2 N–H and O–H groups in total. The summed E-state index contributed by atoms with van der Waals surface area (Å²) in [5.41, 5.74) is 5.75. The molecule has 6 nitrogen and oxygen atoms in total. The zero-order valence-corrected chi connectivity index (χ0v) is 18.0. The van der Waals surface area contributed by atoms with Gasteiger partial charge in [0.05, 0.1) is 10.2 Å². The van der Waals surface area contributed by atoms with E-state index in [0.717, 1.165) is 24.8 Å². The lowest BCUT2D eigenvalue weighted by Gasteiger charge is -2.08. The third-order valence-electron chi connectivity index (χ3n) is 3.57. The predicted octanol–water partition coefficient (Wildman–Crippen LogP) is 4.16. The zero-order valence-electron chi connectivity index (χ0n) is 14.8. The molecule has 0 saturated heterocycles. The number of rotatable bonds is 8. The molecule has 0 fully saturated rings. The average Bonchev–Trinajstić information content (AvgIpc) is 3.12. The Bertz CT molecular complexity index is 914. The highest BCUT2D eigenvalue weighted by Crippen LogP contribution is 2.29. The Kier molecular flexibility index (Phi) is 7.70.